The zero-order valence-corrected chi connectivity index (χ0v) is 25.0. The second-order valence-corrected chi connectivity index (χ2v) is 13.0. The molecule has 7 rings (SSSR count). The van der Waals surface area contributed by atoms with E-state index in [0.29, 0.717) is 58.4 Å². The van der Waals surface area contributed by atoms with Gasteiger partial charge in [-0.05, 0) is 85.1 Å². The van der Waals surface area contributed by atoms with Gasteiger partial charge in [-0.3, -0.25) is 9.36 Å². The molecule has 3 aliphatic carbocycles. The molecule has 4 aliphatic rings. The number of guanidine groups is 1. The first-order valence-electron chi connectivity index (χ1n) is 15.2. The Morgan fingerprint density at radius 3 is 2.79 bits per heavy atom. The molecule has 9 heteroatoms. The number of nitrogens with zero attached hydrogens (tertiary/aromatic N) is 4. The zero-order valence-electron chi connectivity index (χ0n) is 25.0. The lowest BCUT2D eigenvalue weighted by atomic mass is 9.45. The molecule has 0 spiro atoms. The lowest BCUT2D eigenvalue weighted by Crippen LogP contribution is -2.56. The highest BCUT2D eigenvalue weighted by Crippen LogP contribution is 2.61. The second kappa shape index (κ2) is 11.3. The summed E-state index contributed by atoms with van der Waals surface area (Å²) in [4.78, 5) is 25.4. The number of nitrogens with one attached hydrogen (secondary N) is 1. The van der Waals surface area contributed by atoms with E-state index >= 15 is 0 Å². The van der Waals surface area contributed by atoms with Crippen molar-refractivity contribution in [1.82, 2.24) is 14.5 Å². The number of halogens is 1. The van der Waals surface area contributed by atoms with Gasteiger partial charge >= 0.3 is 0 Å². The van der Waals surface area contributed by atoms with Crippen LogP contribution in [0, 0.1) is 29.0 Å². The lowest BCUT2D eigenvalue weighted by molar-refractivity contribution is -0.108. The van der Waals surface area contributed by atoms with E-state index in [9.17, 15) is 14.3 Å². The van der Waals surface area contributed by atoms with Crippen molar-refractivity contribution in [2.75, 3.05) is 25.6 Å². The maximum Gasteiger partial charge on any atom is 0.261 e. The molecule has 3 saturated carbocycles. The number of anilines is 1. The highest BCUT2D eigenvalue weighted by molar-refractivity contribution is 5.96. The van der Waals surface area contributed by atoms with Gasteiger partial charge in [-0.25, -0.2) is 14.4 Å². The van der Waals surface area contributed by atoms with Crippen molar-refractivity contribution in [3.8, 4) is 5.75 Å². The number of methoxy groups -OCH3 is 1. The van der Waals surface area contributed by atoms with E-state index in [1.54, 1.807) is 18.2 Å². The molecule has 8 nitrogen and oxygen atoms in total. The van der Waals surface area contributed by atoms with Crippen LogP contribution in [0.1, 0.15) is 52.0 Å². The molecule has 0 radical (unpaired) electrons. The fourth-order valence-corrected chi connectivity index (χ4v) is 7.56. The molecule has 0 amide bonds. The Hall–Kier alpha value is -3.46. The number of hydrogen-bond donors (Lipinski definition) is 2. The maximum absolute atomic E-state index is 14.4. The van der Waals surface area contributed by atoms with Crippen LogP contribution in [0.25, 0.3) is 10.9 Å². The number of ether oxygens (including phenoxy) is 1. The van der Waals surface area contributed by atoms with Gasteiger partial charge in [0.15, 0.2) is 5.96 Å². The van der Waals surface area contributed by atoms with E-state index in [2.05, 4.69) is 36.0 Å². The molecule has 3 aromatic rings. The predicted octanol–water partition coefficient (Wildman–Crippen LogP) is 5.08. The van der Waals surface area contributed by atoms with Crippen LogP contribution in [0.2, 0.25) is 0 Å². The molecular formula is C33H42FN5O3. The van der Waals surface area contributed by atoms with Crippen LogP contribution in [-0.2, 0) is 13.0 Å². The SMILES string of the molecule is COc1ccc(CCn2cnc3cc(N/C(=N/[C@H]4C[C@@H]5C[C@H]([C@@H]4C)C5(C)C)N4CCC[C@H]4CO)ccc3c2=O)c(F)c1. The van der Waals surface area contributed by atoms with Crippen LogP contribution in [0.15, 0.2) is 52.5 Å². The third-order valence-electron chi connectivity index (χ3n) is 10.4. The predicted molar refractivity (Wildman–Crippen MR) is 163 cm³/mol. The summed E-state index contributed by atoms with van der Waals surface area (Å²) in [6, 6.07) is 10.6. The van der Waals surface area contributed by atoms with E-state index < -0.39 is 0 Å². The Bertz CT molecular complexity index is 1550. The minimum atomic E-state index is -0.353. The van der Waals surface area contributed by atoms with Gasteiger partial charge in [0, 0.05) is 24.8 Å². The molecule has 224 valence electrons. The first-order chi connectivity index (χ1) is 20.2. The highest BCUT2D eigenvalue weighted by Gasteiger charge is 2.56. The topological polar surface area (TPSA) is 92.0 Å². The number of rotatable bonds is 7. The Labute approximate surface area is 246 Å². The standard InChI is InChI=1S/C33H42FN5O3/c1-20-27-14-22(33(27,2)3)15-29(20)37-32(39-12-5-6-24(39)18-40)36-23-8-10-26-30(16-23)35-19-38(31(26)41)13-11-21-7-9-25(42-4)17-28(21)34/h7-10,16-17,19-20,22,24,27,29,40H,5-6,11-15,18H2,1-4H3,(H,36,37)/t20-,22-,24-,27+,29-/m0/s1. The van der Waals surface area contributed by atoms with Gasteiger partial charge in [0.25, 0.3) is 5.56 Å². The van der Waals surface area contributed by atoms with Gasteiger partial charge in [-0.2, -0.15) is 0 Å². The number of aliphatic imine (C=N–C) groups is 1. The van der Waals surface area contributed by atoms with Crippen molar-refractivity contribution in [2.45, 2.75) is 71.5 Å². The number of aryl methyl sites for hydroxylation is 2. The third-order valence-corrected chi connectivity index (χ3v) is 10.4. The van der Waals surface area contributed by atoms with E-state index in [1.165, 1.54) is 30.5 Å². The first-order valence-corrected chi connectivity index (χ1v) is 15.2. The molecule has 2 aromatic carbocycles. The number of likely N-dealkylation sites (tertiary alicyclic amines) is 1. The molecule has 5 atom stereocenters. The molecule has 0 unspecified atom stereocenters. The largest absolute Gasteiger partial charge is 0.497 e. The number of aliphatic hydroxyl groups excluding tert-OH is 1. The van der Waals surface area contributed by atoms with Crippen LogP contribution >= 0.6 is 0 Å². The Morgan fingerprint density at radius 1 is 1.24 bits per heavy atom. The molecule has 1 saturated heterocycles. The zero-order chi connectivity index (χ0) is 29.6. The van der Waals surface area contributed by atoms with Gasteiger partial charge in [0.2, 0.25) is 0 Å². The van der Waals surface area contributed by atoms with Gasteiger partial charge in [-0.1, -0.05) is 26.8 Å². The summed E-state index contributed by atoms with van der Waals surface area (Å²) in [5.74, 6) is 2.80. The highest BCUT2D eigenvalue weighted by atomic mass is 19.1. The summed E-state index contributed by atoms with van der Waals surface area (Å²) in [7, 11) is 1.50. The normalized spacial score (nSPS) is 26.8. The summed E-state index contributed by atoms with van der Waals surface area (Å²) < 4.78 is 21.0. The van der Waals surface area contributed by atoms with Crippen molar-refractivity contribution < 1.29 is 14.2 Å². The fraction of sp³-hybridized carbons (Fsp3) is 0.545. The van der Waals surface area contributed by atoms with Gasteiger partial charge < -0.3 is 20.1 Å². The van der Waals surface area contributed by atoms with Gasteiger partial charge in [0.05, 0.1) is 43.0 Å². The molecule has 1 aliphatic heterocycles. The second-order valence-electron chi connectivity index (χ2n) is 13.0. The molecule has 2 heterocycles. The number of fused-ring (bicyclic) bond motifs is 3. The van der Waals surface area contributed by atoms with Crippen molar-refractivity contribution in [1.29, 1.82) is 0 Å². The third kappa shape index (κ3) is 5.16. The summed E-state index contributed by atoms with van der Waals surface area (Å²) in [6.45, 7) is 8.40. The van der Waals surface area contributed by atoms with Crippen molar-refractivity contribution in [2.24, 2.45) is 28.2 Å². The van der Waals surface area contributed by atoms with Crippen LogP contribution in [0.3, 0.4) is 0 Å². The monoisotopic (exact) mass is 575 g/mol. The molecule has 1 aromatic heterocycles. The van der Waals surface area contributed by atoms with Crippen LogP contribution < -0.4 is 15.6 Å². The smallest absolute Gasteiger partial charge is 0.261 e. The minimum absolute atomic E-state index is 0.0439. The first kappa shape index (κ1) is 28.6. The van der Waals surface area contributed by atoms with E-state index in [4.69, 9.17) is 9.73 Å². The molecule has 2 bridgehead atoms. The summed E-state index contributed by atoms with van der Waals surface area (Å²) >= 11 is 0. The fourth-order valence-electron chi connectivity index (χ4n) is 7.56. The number of hydrogen-bond acceptors (Lipinski definition) is 5. The summed E-state index contributed by atoms with van der Waals surface area (Å²) in [6.07, 6.45) is 6.24. The molecular weight excluding hydrogens is 533 g/mol. The number of aromatic nitrogens is 2. The Kier molecular flexibility index (Phi) is 7.72. The van der Waals surface area contributed by atoms with Crippen LogP contribution in [0.4, 0.5) is 10.1 Å². The van der Waals surface area contributed by atoms with Crippen molar-refractivity contribution >= 4 is 22.5 Å². The molecule has 4 fully saturated rings. The molecule has 42 heavy (non-hydrogen) atoms. The lowest BCUT2D eigenvalue weighted by Gasteiger charge is -2.61. The van der Waals surface area contributed by atoms with Crippen LogP contribution in [0.5, 0.6) is 5.75 Å². The average molecular weight is 576 g/mol. The Balaban J connectivity index is 1.23. The number of aliphatic hydroxyl groups is 1. The van der Waals surface area contributed by atoms with Crippen molar-refractivity contribution in [3.63, 3.8) is 0 Å². The van der Waals surface area contributed by atoms with Crippen LogP contribution in [-0.4, -0.2) is 57.9 Å². The van der Waals surface area contributed by atoms with Gasteiger partial charge in [-0.15, -0.1) is 0 Å². The van der Waals surface area contributed by atoms with E-state index in [0.717, 1.165) is 37.5 Å². The Morgan fingerprint density at radius 2 is 2.07 bits per heavy atom. The van der Waals surface area contributed by atoms with E-state index in [1.807, 2.05) is 12.1 Å². The molecule has 2 N–H and O–H groups in total. The van der Waals surface area contributed by atoms with Crippen molar-refractivity contribution in [3.05, 3.63) is 64.5 Å². The maximum atomic E-state index is 14.4. The van der Waals surface area contributed by atoms with Gasteiger partial charge in [0.1, 0.15) is 11.6 Å². The summed E-state index contributed by atoms with van der Waals surface area (Å²) in [5.41, 5.74) is 2.15. The summed E-state index contributed by atoms with van der Waals surface area (Å²) in [5, 5.41) is 14.1. The van der Waals surface area contributed by atoms with E-state index in [-0.39, 0.29) is 30.1 Å². The average Bonchev–Trinajstić information content (AvgIpc) is 3.46. The minimum Gasteiger partial charge on any atom is -0.497 e. The number of benzene rings is 2. The quantitative estimate of drug-likeness (QED) is 0.302.